The third kappa shape index (κ3) is 4.14. The van der Waals surface area contributed by atoms with Crippen LogP contribution >= 0.6 is 0 Å². The summed E-state index contributed by atoms with van der Waals surface area (Å²) < 4.78 is 1.74. The van der Waals surface area contributed by atoms with E-state index in [9.17, 15) is 9.59 Å². The van der Waals surface area contributed by atoms with Gasteiger partial charge in [0.15, 0.2) is 5.78 Å². The summed E-state index contributed by atoms with van der Waals surface area (Å²) in [7, 11) is 0. The van der Waals surface area contributed by atoms with Crippen molar-refractivity contribution in [2.24, 2.45) is 5.92 Å². The van der Waals surface area contributed by atoms with E-state index in [2.05, 4.69) is 17.2 Å². The van der Waals surface area contributed by atoms with Crippen molar-refractivity contribution in [3.8, 4) is 11.1 Å². The quantitative estimate of drug-likeness (QED) is 0.613. The first kappa shape index (κ1) is 19.1. The van der Waals surface area contributed by atoms with E-state index in [0.29, 0.717) is 24.2 Å². The van der Waals surface area contributed by atoms with Crippen LogP contribution in [0.25, 0.3) is 11.1 Å². The van der Waals surface area contributed by atoms with Gasteiger partial charge >= 0.3 is 0 Å². The normalized spacial score (nSPS) is 16.6. The Kier molecular flexibility index (Phi) is 5.56. The minimum absolute atomic E-state index is 0.0402. The molecule has 1 aliphatic rings. The summed E-state index contributed by atoms with van der Waals surface area (Å²) in [6.45, 7) is 3.87. The average molecular weight is 387 g/mol. The lowest BCUT2D eigenvalue weighted by Crippen LogP contribution is -2.42. The Morgan fingerprint density at radius 3 is 2.41 bits per heavy atom. The molecule has 0 spiro atoms. The standard InChI is InChI=1S/C24H25N3O2/c1-2-27-17-22(15-25-27)24(29)26-14-6-9-21(16-26)23(28)20-12-10-19(11-13-20)18-7-4-3-5-8-18/h3-5,7-8,10-13,15,17,21H,2,6,9,14,16H2,1H3. The van der Waals surface area contributed by atoms with Gasteiger partial charge in [0.2, 0.25) is 0 Å². The summed E-state index contributed by atoms with van der Waals surface area (Å²) >= 11 is 0. The highest BCUT2D eigenvalue weighted by Crippen LogP contribution is 2.24. The summed E-state index contributed by atoms with van der Waals surface area (Å²) in [5.74, 6) is -0.0792. The number of amides is 1. The number of rotatable bonds is 5. The van der Waals surface area contributed by atoms with Gasteiger partial charge in [0.25, 0.3) is 5.91 Å². The van der Waals surface area contributed by atoms with Crippen molar-refractivity contribution in [2.75, 3.05) is 13.1 Å². The van der Waals surface area contributed by atoms with E-state index in [0.717, 1.165) is 30.5 Å². The maximum absolute atomic E-state index is 13.0. The topological polar surface area (TPSA) is 55.2 Å². The largest absolute Gasteiger partial charge is 0.338 e. The number of likely N-dealkylation sites (tertiary alicyclic amines) is 1. The lowest BCUT2D eigenvalue weighted by Gasteiger charge is -2.31. The zero-order chi connectivity index (χ0) is 20.2. The molecule has 29 heavy (non-hydrogen) atoms. The zero-order valence-corrected chi connectivity index (χ0v) is 16.6. The molecular formula is C24H25N3O2. The van der Waals surface area contributed by atoms with Crippen LogP contribution < -0.4 is 0 Å². The minimum Gasteiger partial charge on any atom is -0.338 e. The van der Waals surface area contributed by atoms with Crippen molar-refractivity contribution in [2.45, 2.75) is 26.3 Å². The molecule has 5 nitrogen and oxygen atoms in total. The second-order valence-electron chi connectivity index (χ2n) is 7.48. The van der Waals surface area contributed by atoms with Crippen LogP contribution in [-0.4, -0.2) is 39.5 Å². The van der Waals surface area contributed by atoms with Gasteiger partial charge in [-0.15, -0.1) is 0 Å². The number of piperidine rings is 1. The van der Waals surface area contributed by atoms with Crippen LogP contribution in [0.5, 0.6) is 0 Å². The molecular weight excluding hydrogens is 362 g/mol. The van der Waals surface area contributed by atoms with E-state index in [1.807, 2.05) is 49.4 Å². The van der Waals surface area contributed by atoms with Crippen LogP contribution in [0.1, 0.15) is 40.5 Å². The van der Waals surface area contributed by atoms with Gasteiger partial charge in [-0.05, 0) is 30.9 Å². The number of benzene rings is 2. The van der Waals surface area contributed by atoms with Crippen molar-refractivity contribution in [1.29, 1.82) is 0 Å². The molecule has 1 unspecified atom stereocenters. The zero-order valence-electron chi connectivity index (χ0n) is 16.6. The molecule has 3 aromatic rings. The molecule has 0 radical (unpaired) electrons. The first-order chi connectivity index (χ1) is 14.2. The lowest BCUT2D eigenvalue weighted by molar-refractivity contribution is 0.0637. The Labute approximate surface area is 171 Å². The van der Waals surface area contributed by atoms with Crippen LogP contribution in [0.2, 0.25) is 0 Å². The van der Waals surface area contributed by atoms with Crippen molar-refractivity contribution < 1.29 is 9.59 Å². The van der Waals surface area contributed by atoms with E-state index in [1.54, 1.807) is 22.0 Å². The number of ketones is 1. The first-order valence-electron chi connectivity index (χ1n) is 10.2. The fourth-order valence-corrected chi connectivity index (χ4v) is 3.90. The van der Waals surface area contributed by atoms with Gasteiger partial charge in [-0.25, -0.2) is 0 Å². The Hall–Kier alpha value is -3.21. The van der Waals surface area contributed by atoms with Crippen molar-refractivity contribution in [3.63, 3.8) is 0 Å². The minimum atomic E-state index is -0.156. The SMILES string of the molecule is CCn1cc(C(=O)N2CCCC(C(=O)c3ccc(-c4ccccc4)cc3)C2)cn1. The Morgan fingerprint density at radius 1 is 1.00 bits per heavy atom. The molecule has 1 aliphatic heterocycles. The molecule has 0 N–H and O–H groups in total. The maximum atomic E-state index is 13.0. The van der Waals surface area contributed by atoms with Crippen molar-refractivity contribution in [3.05, 3.63) is 78.1 Å². The van der Waals surface area contributed by atoms with Gasteiger partial charge in [-0.1, -0.05) is 54.6 Å². The second kappa shape index (κ2) is 8.43. The molecule has 5 heteroatoms. The van der Waals surface area contributed by atoms with Crippen molar-refractivity contribution in [1.82, 2.24) is 14.7 Å². The highest BCUT2D eigenvalue weighted by molar-refractivity contribution is 5.99. The molecule has 1 atom stereocenters. The lowest BCUT2D eigenvalue weighted by atomic mass is 9.89. The molecule has 4 rings (SSSR count). The third-order valence-corrected chi connectivity index (χ3v) is 5.56. The monoisotopic (exact) mass is 387 g/mol. The predicted octanol–water partition coefficient (Wildman–Crippen LogP) is 4.31. The number of carbonyl (C=O) groups is 2. The van der Waals surface area contributed by atoms with Gasteiger partial charge in [-0.2, -0.15) is 5.10 Å². The summed E-state index contributed by atoms with van der Waals surface area (Å²) in [4.78, 5) is 27.6. The van der Waals surface area contributed by atoms with Crippen LogP contribution in [0, 0.1) is 5.92 Å². The Balaban J connectivity index is 1.45. The summed E-state index contributed by atoms with van der Waals surface area (Å²) in [5, 5.41) is 4.19. The third-order valence-electron chi connectivity index (χ3n) is 5.56. The number of aryl methyl sites for hydroxylation is 1. The molecule has 1 amide bonds. The van der Waals surface area contributed by atoms with Crippen LogP contribution in [0.15, 0.2) is 67.0 Å². The van der Waals surface area contributed by atoms with E-state index in [1.165, 1.54) is 0 Å². The number of Topliss-reactive ketones (excluding diaryl/α,β-unsaturated/α-hetero) is 1. The number of carbonyl (C=O) groups excluding carboxylic acids is 2. The van der Waals surface area contributed by atoms with Crippen molar-refractivity contribution >= 4 is 11.7 Å². The summed E-state index contributed by atoms with van der Waals surface area (Å²) in [6, 6.07) is 17.9. The fourth-order valence-electron chi connectivity index (χ4n) is 3.90. The van der Waals surface area contributed by atoms with Crippen LogP contribution in [-0.2, 0) is 6.54 Å². The van der Waals surface area contributed by atoms with Gasteiger partial charge in [0.05, 0.1) is 11.8 Å². The molecule has 1 fully saturated rings. The molecule has 2 aromatic carbocycles. The number of hydrogen-bond acceptors (Lipinski definition) is 3. The number of hydrogen-bond donors (Lipinski definition) is 0. The second-order valence-corrected chi connectivity index (χ2v) is 7.48. The number of aromatic nitrogens is 2. The van der Waals surface area contributed by atoms with Gasteiger partial charge in [0, 0.05) is 37.3 Å². The number of nitrogens with zero attached hydrogens (tertiary/aromatic N) is 3. The maximum Gasteiger partial charge on any atom is 0.257 e. The van der Waals surface area contributed by atoms with Gasteiger partial charge < -0.3 is 4.90 Å². The summed E-state index contributed by atoms with van der Waals surface area (Å²) in [5.41, 5.74) is 3.53. The molecule has 0 saturated carbocycles. The molecule has 0 aliphatic carbocycles. The van der Waals surface area contributed by atoms with E-state index >= 15 is 0 Å². The van der Waals surface area contributed by atoms with Gasteiger partial charge in [0.1, 0.15) is 0 Å². The molecule has 148 valence electrons. The smallest absolute Gasteiger partial charge is 0.257 e. The Morgan fingerprint density at radius 2 is 1.72 bits per heavy atom. The Bertz CT molecular complexity index is 992. The fraction of sp³-hybridized carbons (Fsp3) is 0.292. The summed E-state index contributed by atoms with van der Waals surface area (Å²) in [6.07, 6.45) is 5.04. The molecule has 0 bridgehead atoms. The van der Waals surface area contributed by atoms with E-state index in [-0.39, 0.29) is 17.6 Å². The van der Waals surface area contributed by atoms with Crippen LogP contribution in [0.4, 0.5) is 0 Å². The highest BCUT2D eigenvalue weighted by Gasteiger charge is 2.30. The van der Waals surface area contributed by atoms with E-state index in [4.69, 9.17) is 0 Å². The van der Waals surface area contributed by atoms with E-state index < -0.39 is 0 Å². The molecule has 1 aromatic heterocycles. The first-order valence-corrected chi connectivity index (χ1v) is 10.2. The average Bonchev–Trinajstić information content (AvgIpc) is 3.28. The predicted molar refractivity (Wildman–Crippen MR) is 113 cm³/mol. The van der Waals surface area contributed by atoms with Crippen LogP contribution in [0.3, 0.4) is 0 Å². The van der Waals surface area contributed by atoms with Gasteiger partial charge in [-0.3, -0.25) is 14.3 Å². The molecule has 2 heterocycles. The molecule has 1 saturated heterocycles. The highest BCUT2D eigenvalue weighted by atomic mass is 16.2.